The van der Waals surface area contributed by atoms with Crippen molar-refractivity contribution in [2.45, 2.75) is 43.8 Å². The highest BCUT2D eigenvalue weighted by molar-refractivity contribution is 7.89. The van der Waals surface area contributed by atoms with Gasteiger partial charge in [-0.25, -0.2) is 18.1 Å². The van der Waals surface area contributed by atoms with E-state index in [-0.39, 0.29) is 29.4 Å². The molecule has 6 nitrogen and oxygen atoms in total. The zero-order valence-corrected chi connectivity index (χ0v) is 12.6. The number of sulfonamides is 1. The first-order chi connectivity index (χ1) is 8.56. The van der Waals surface area contributed by atoms with Crippen LogP contribution in [0.15, 0.2) is 17.6 Å². The summed E-state index contributed by atoms with van der Waals surface area (Å²) in [7, 11) is -3.51. The number of nitrogens with zero attached hydrogens (tertiary/aromatic N) is 2. The van der Waals surface area contributed by atoms with Crippen molar-refractivity contribution in [1.82, 2.24) is 14.3 Å². The quantitative estimate of drug-likeness (QED) is 0.839. The van der Waals surface area contributed by atoms with E-state index in [1.807, 2.05) is 6.92 Å². The first-order valence-electron chi connectivity index (χ1n) is 6.31. The zero-order chi connectivity index (χ0) is 13.2. The van der Waals surface area contributed by atoms with Crippen molar-refractivity contribution in [2.24, 2.45) is 11.7 Å². The summed E-state index contributed by atoms with van der Waals surface area (Å²) < 4.78 is 28.8. The van der Waals surface area contributed by atoms with E-state index in [2.05, 4.69) is 9.71 Å². The summed E-state index contributed by atoms with van der Waals surface area (Å²) >= 11 is 0. The fraction of sp³-hybridized carbons (Fsp3) is 0.727. The standard InChI is InChI=1S/C11H20N4O2S.ClH/c1-2-15-7-11(13-8-15)18(16,17)14-10-5-3-4-9(10)6-12;/h7-10,14H,2-6,12H2,1H3;1H. The third kappa shape index (κ3) is 3.68. The van der Waals surface area contributed by atoms with Gasteiger partial charge in [0.25, 0.3) is 10.0 Å². The molecule has 2 rings (SSSR count). The highest BCUT2D eigenvalue weighted by atomic mass is 35.5. The molecule has 0 spiro atoms. The second kappa shape index (κ2) is 6.69. The molecule has 8 heteroatoms. The van der Waals surface area contributed by atoms with Gasteiger partial charge in [0.1, 0.15) is 0 Å². The SMILES string of the molecule is CCn1cnc(S(=O)(=O)NC2CCCC2CN)c1.Cl. The van der Waals surface area contributed by atoms with Crippen LogP contribution in [-0.2, 0) is 16.6 Å². The summed E-state index contributed by atoms with van der Waals surface area (Å²) in [5.74, 6) is 0.244. The maximum absolute atomic E-state index is 12.2. The predicted octanol–water partition coefficient (Wildman–Crippen LogP) is 0.730. The minimum Gasteiger partial charge on any atom is -0.336 e. The smallest absolute Gasteiger partial charge is 0.259 e. The maximum atomic E-state index is 12.2. The molecule has 1 heterocycles. The molecule has 1 aliphatic rings. The molecule has 1 aliphatic carbocycles. The number of halogens is 1. The Morgan fingerprint density at radius 1 is 1.53 bits per heavy atom. The number of hydrogen-bond acceptors (Lipinski definition) is 4. The molecule has 0 aromatic carbocycles. The van der Waals surface area contributed by atoms with Crippen LogP contribution in [0, 0.1) is 5.92 Å². The van der Waals surface area contributed by atoms with Gasteiger partial charge in [-0.2, -0.15) is 0 Å². The van der Waals surface area contributed by atoms with Crippen LogP contribution in [0.1, 0.15) is 26.2 Å². The van der Waals surface area contributed by atoms with Crippen LogP contribution < -0.4 is 10.5 Å². The first-order valence-corrected chi connectivity index (χ1v) is 7.79. The average molecular weight is 309 g/mol. The number of aryl methyl sites for hydroxylation is 1. The Morgan fingerprint density at radius 3 is 2.84 bits per heavy atom. The molecule has 1 aromatic heterocycles. The Bertz CT molecular complexity index is 503. The summed E-state index contributed by atoms with van der Waals surface area (Å²) in [6, 6.07) is -0.0493. The Hall–Kier alpha value is -0.630. The summed E-state index contributed by atoms with van der Waals surface area (Å²) in [5.41, 5.74) is 5.65. The van der Waals surface area contributed by atoms with Gasteiger partial charge in [0, 0.05) is 18.8 Å². The van der Waals surface area contributed by atoms with Crippen molar-refractivity contribution >= 4 is 22.4 Å². The van der Waals surface area contributed by atoms with E-state index in [0.717, 1.165) is 19.3 Å². The molecule has 0 saturated heterocycles. The summed E-state index contributed by atoms with van der Waals surface area (Å²) in [5, 5.41) is 0.0898. The molecule has 1 aromatic rings. The maximum Gasteiger partial charge on any atom is 0.259 e. The monoisotopic (exact) mass is 308 g/mol. The van der Waals surface area contributed by atoms with Crippen LogP contribution >= 0.6 is 12.4 Å². The van der Waals surface area contributed by atoms with Crippen molar-refractivity contribution in [3.05, 3.63) is 12.5 Å². The number of nitrogens with one attached hydrogen (secondary N) is 1. The Labute approximate surface area is 120 Å². The average Bonchev–Trinajstić information content (AvgIpc) is 2.96. The molecule has 0 aliphatic heterocycles. The van der Waals surface area contributed by atoms with Crippen molar-refractivity contribution in [2.75, 3.05) is 6.54 Å². The molecular weight excluding hydrogens is 288 g/mol. The lowest BCUT2D eigenvalue weighted by Crippen LogP contribution is -2.39. The normalized spacial score (nSPS) is 23.3. The third-order valence-corrected chi connectivity index (χ3v) is 4.89. The Balaban J connectivity index is 0.00000180. The van der Waals surface area contributed by atoms with Crippen LogP contribution in [0.4, 0.5) is 0 Å². The Morgan fingerprint density at radius 2 is 2.26 bits per heavy atom. The van der Waals surface area contributed by atoms with Crippen molar-refractivity contribution in [3.63, 3.8) is 0 Å². The minimum atomic E-state index is -3.51. The van der Waals surface area contributed by atoms with E-state index in [1.165, 1.54) is 6.33 Å². The van der Waals surface area contributed by atoms with Crippen molar-refractivity contribution in [3.8, 4) is 0 Å². The lowest BCUT2D eigenvalue weighted by atomic mass is 10.1. The van der Waals surface area contributed by atoms with Gasteiger partial charge in [-0.15, -0.1) is 12.4 Å². The van der Waals surface area contributed by atoms with Crippen molar-refractivity contribution < 1.29 is 8.42 Å². The number of hydrogen-bond donors (Lipinski definition) is 2. The van der Waals surface area contributed by atoms with Gasteiger partial charge in [0.05, 0.1) is 6.33 Å². The minimum absolute atomic E-state index is 0. The van der Waals surface area contributed by atoms with Crippen LogP contribution in [0.3, 0.4) is 0 Å². The van der Waals surface area contributed by atoms with Gasteiger partial charge < -0.3 is 10.3 Å². The van der Waals surface area contributed by atoms with E-state index in [0.29, 0.717) is 13.1 Å². The molecule has 19 heavy (non-hydrogen) atoms. The van der Waals surface area contributed by atoms with Crippen LogP contribution in [0.25, 0.3) is 0 Å². The Kier molecular flexibility index (Phi) is 5.79. The second-order valence-electron chi connectivity index (χ2n) is 4.70. The highest BCUT2D eigenvalue weighted by Gasteiger charge is 2.31. The number of rotatable bonds is 5. The molecule has 2 unspecified atom stereocenters. The van der Waals surface area contributed by atoms with Gasteiger partial charge in [0.2, 0.25) is 0 Å². The summed E-state index contributed by atoms with van der Waals surface area (Å²) in [6.45, 7) is 3.17. The van der Waals surface area contributed by atoms with E-state index >= 15 is 0 Å². The van der Waals surface area contributed by atoms with Gasteiger partial charge in [-0.05, 0) is 32.2 Å². The molecule has 1 saturated carbocycles. The largest absolute Gasteiger partial charge is 0.336 e. The van der Waals surface area contributed by atoms with E-state index in [9.17, 15) is 8.42 Å². The van der Waals surface area contributed by atoms with Gasteiger partial charge in [-0.3, -0.25) is 0 Å². The lowest BCUT2D eigenvalue weighted by Gasteiger charge is -2.18. The van der Waals surface area contributed by atoms with E-state index in [1.54, 1.807) is 10.8 Å². The van der Waals surface area contributed by atoms with E-state index < -0.39 is 10.0 Å². The molecule has 2 atom stereocenters. The topological polar surface area (TPSA) is 90.0 Å². The molecule has 110 valence electrons. The molecule has 1 fully saturated rings. The van der Waals surface area contributed by atoms with Crippen LogP contribution in [0.2, 0.25) is 0 Å². The lowest BCUT2D eigenvalue weighted by molar-refractivity contribution is 0.452. The number of aromatic nitrogens is 2. The number of imidazole rings is 1. The van der Waals surface area contributed by atoms with E-state index in [4.69, 9.17) is 5.73 Å². The second-order valence-corrected chi connectivity index (χ2v) is 6.36. The summed E-state index contributed by atoms with van der Waals surface area (Å²) in [4.78, 5) is 3.93. The molecule has 0 radical (unpaired) electrons. The number of nitrogens with two attached hydrogens (primary N) is 1. The molecule has 3 N–H and O–H groups in total. The first kappa shape index (κ1) is 16.4. The molecule has 0 bridgehead atoms. The van der Waals surface area contributed by atoms with Crippen LogP contribution in [0.5, 0.6) is 0 Å². The van der Waals surface area contributed by atoms with Crippen molar-refractivity contribution in [1.29, 1.82) is 0 Å². The molecule has 0 amide bonds. The fourth-order valence-electron chi connectivity index (χ4n) is 2.39. The van der Waals surface area contributed by atoms with Gasteiger partial charge in [0.15, 0.2) is 5.03 Å². The zero-order valence-electron chi connectivity index (χ0n) is 10.9. The van der Waals surface area contributed by atoms with Gasteiger partial charge >= 0.3 is 0 Å². The third-order valence-electron chi connectivity index (χ3n) is 3.52. The van der Waals surface area contributed by atoms with Gasteiger partial charge in [-0.1, -0.05) is 6.42 Å². The fourth-order valence-corrected chi connectivity index (χ4v) is 3.67. The molecular formula is C11H21ClN4O2S. The predicted molar refractivity (Wildman–Crippen MR) is 75.7 cm³/mol. The summed E-state index contributed by atoms with van der Waals surface area (Å²) in [6.07, 6.45) is 5.96. The van der Waals surface area contributed by atoms with Crippen LogP contribution in [-0.4, -0.2) is 30.6 Å². The highest BCUT2D eigenvalue weighted by Crippen LogP contribution is 2.25.